The smallest absolute Gasteiger partial charge is 0.339 e. The van der Waals surface area contributed by atoms with Gasteiger partial charge in [-0.25, -0.2) is 9.78 Å². The van der Waals surface area contributed by atoms with Gasteiger partial charge in [0.25, 0.3) is 0 Å². The monoisotopic (exact) mass is 275 g/mol. The maximum absolute atomic E-state index is 11.0. The molecule has 0 spiro atoms. The number of nitrogens with one attached hydrogen (secondary N) is 1. The molecule has 0 saturated heterocycles. The molecule has 5 nitrogen and oxygen atoms in total. The summed E-state index contributed by atoms with van der Waals surface area (Å²) in [4.78, 5) is 14.9. The lowest BCUT2D eigenvalue weighted by Crippen LogP contribution is -2.04. The third-order valence-electron chi connectivity index (χ3n) is 2.32. The molecule has 0 radical (unpaired) electrons. The minimum Gasteiger partial charge on any atom is -0.478 e. The van der Waals surface area contributed by atoms with E-state index in [1.807, 2.05) is 12.1 Å². The fourth-order valence-electron chi connectivity index (χ4n) is 1.41. The first-order valence-electron chi connectivity index (χ1n) is 5.40. The van der Waals surface area contributed by atoms with Crippen molar-refractivity contribution in [3.63, 3.8) is 0 Å². The summed E-state index contributed by atoms with van der Waals surface area (Å²) in [5.74, 6) is -0.887. The predicted octanol–water partition coefficient (Wildman–Crippen LogP) is 2.88. The molecule has 2 N–H and O–H groups in total. The summed E-state index contributed by atoms with van der Waals surface area (Å²) in [7, 11) is 0. The lowest BCUT2D eigenvalue weighted by Gasteiger charge is -2.03. The first-order chi connectivity index (χ1) is 9.18. The van der Waals surface area contributed by atoms with Crippen LogP contribution in [0.2, 0.25) is 5.02 Å². The highest BCUT2D eigenvalue weighted by Gasteiger charge is 2.09. The molecule has 0 saturated carbocycles. The van der Waals surface area contributed by atoms with E-state index in [2.05, 4.69) is 15.5 Å². The van der Waals surface area contributed by atoms with Gasteiger partial charge in [-0.15, -0.1) is 0 Å². The quantitative estimate of drug-likeness (QED) is 0.665. The van der Waals surface area contributed by atoms with Crippen molar-refractivity contribution in [1.29, 1.82) is 0 Å². The van der Waals surface area contributed by atoms with E-state index >= 15 is 0 Å². The number of anilines is 1. The average Bonchev–Trinajstić information content (AvgIpc) is 2.41. The minimum atomic E-state index is -1.07. The molecule has 0 aliphatic heterocycles. The topological polar surface area (TPSA) is 74.6 Å². The van der Waals surface area contributed by atoms with Crippen LogP contribution in [-0.4, -0.2) is 22.3 Å². The Hall–Kier alpha value is -2.40. The summed E-state index contributed by atoms with van der Waals surface area (Å²) in [6.07, 6.45) is 2.99. The Labute approximate surface area is 114 Å². The van der Waals surface area contributed by atoms with Crippen LogP contribution in [0.4, 0.5) is 5.82 Å². The number of carbonyl (C=O) groups is 1. The van der Waals surface area contributed by atoms with E-state index in [1.165, 1.54) is 18.5 Å². The van der Waals surface area contributed by atoms with E-state index in [0.717, 1.165) is 5.56 Å². The van der Waals surface area contributed by atoms with Crippen molar-refractivity contribution in [1.82, 2.24) is 4.98 Å². The van der Waals surface area contributed by atoms with Crippen LogP contribution in [-0.2, 0) is 0 Å². The highest BCUT2D eigenvalue weighted by Crippen LogP contribution is 2.13. The van der Waals surface area contributed by atoms with E-state index in [9.17, 15) is 4.79 Å². The molecule has 0 aliphatic carbocycles. The third-order valence-corrected chi connectivity index (χ3v) is 2.66. The van der Waals surface area contributed by atoms with Crippen LogP contribution in [0.3, 0.4) is 0 Å². The number of rotatable bonds is 4. The van der Waals surface area contributed by atoms with Gasteiger partial charge in [-0.3, -0.25) is 5.43 Å². The minimum absolute atomic E-state index is 0.0545. The first-order valence-corrected chi connectivity index (χ1v) is 5.78. The summed E-state index contributed by atoms with van der Waals surface area (Å²) in [5, 5.41) is 13.5. The number of pyridine rings is 1. The molecule has 2 rings (SSSR count). The van der Waals surface area contributed by atoms with Crippen LogP contribution in [0.5, 0.6) is 0 Å². The molecule has 0 unspecified atom stereocenters. The van der Waals surface area contributed by atoms with Gasteiger partial charge in [0.1, 0.15) is 5.56 Å². The molecule has 96 valence electrons. The van der Waals surface area contributed by atoms with Crippen molar-refractivity contribution in [3.05, 3.63) is 58.7 Å². The van der Waals surface area contributed by atoms with Gasteiger partial charge < -0.3 is 5.11 Å². The highest BCUT2D eigenvalue weighted by atomic mass is 35.5. The fraction of sp³-hybridized carbons (Fsp3) is 0. The molecule has 0 bridgehead atoms. The number of carboxylic acid groups (broad SMARTS) is 1. The average molecular weight is 276 g/mol. The van der Waals surface area contributed by atoms with Crippen LogP contribution in [0.1, 0.15) is 15.9 Å². The third kappa shape index (κ3) is 3.29. The number of aromatic nitrogens is 1. The summed E-state index contributed by atoms with van der Waals surface area (Å²) in [6, 6.07) is 10.2. The van der Waals surface area contributed by atoms with E-state index in [1.54, 1.807) is 18.2 Å². The Balaban J connectivity index is 2.15. The van der Waals surface area contributed by atoms with Gasteiger partial charge in [0.05, 0.1) is 6.21 Å². The molecule has 0 fully saturated rings. The van der Waals surface area contributed by atoms with Gasteiger partial charge in [0.15, 0.2) is 5.82 Å². The zero-order valence-electron chi connectivity index (χ0n) is 9.75. The number of hydrazone groups is 1. The van der Waals surface area contributed by atoms with Gasteiger partial charge >= 0.3 is 5.97 Å². The van der Waals surface area contributed by atoms with E-state index in [-0.39, 0.29) is 11.4 Å². The summed E-state index contributed by atoms with van der Waals surface area (Å²) in [5.41, 5.74) is 3.37. The zero-order valence-corrected chi connectivity index (χ0v) is 10.5. The van der Waals surface area contributed by atoms with Gasteiger partial charge in [0.2, 0.25) is 0 Å². The van der Waals surface area contributed by atoms with E-state index in [4.69, 9.17) is 16.7 Å². The molecule has 0 amide bonds. The number of hydrogen-bond acceptors (Lipinski definition) is 4. The standard InChI is InChI=1S/C13H10ClN3O2/c14-11-6-2-1-4-9(11)8-16-17-12-10(13(18)19)5-3-7-15-12/h1-8H,(H,15,17)(H,18,19)/b16-8-. The number of carboxylic acids is 1. The SMILES string of the molecule is O=C(O)c1cccnc1N/N=C\c1ccccc1Cl. The number of aromatic carboxylic acids is 1. The Morgan fingerprint density at radius 2 is 2.11 bits per heavy atom. The van der Waals surface area contributed by atoms with Crippen molar-refractivity contribution in [2.24, 2.45) is 5.10 Å². The van der Waals surface area contributed by atoms with Crippen molar-refractivity contribution in [2.75, 3.05) is 5.43 Å². The maximum atomic E-state index is 11.0. The predicted molar refractivity (Wildman–Crippen MR) is 73.9 cm³/mol. The van der Waals surface area contributed by atoms with Crippen molar-refractivity contribution in [2.45, 2.75) is 0 Å². The molecule has 1 heterocycles. The highest BCUT2D eigenvalue weighted by molar-refractivity contribution is 6.33. The van der Waals surface area contributed by atoms with Crippen molar-refractivity contribution in [3.8, 4) is 0 Å². The number of halogens is 1. The summed E-state index contributed by atoms with van der Waals surface area (Å²) in [6.45, 7) is 0. The van der Waals surface area contributed by atoms with Gasteiger partial charge in [-0.05, 0) is 18.2 Å². The molecule has 1 aromatic carbocycles. The molecule has 6 heteroatoms. The molecule has 19 heavy (non-hydrogen) atoms. The Morgan fingerprint density at radius 3 is 2.84 bits per heavy atom. The van der Waals surface area contributed by atoms with Crippen molar-refractivity contribution >= 4 is 29.6 Å². The maximum Gasteiger partial charge on any atom is 0.339 e. The van der Waals surface area contributed by atoms with Crippen LogP contribution in [0.15, 0.2) is 47.7 Å². The Bertz CT molecular complexity index is 629. The Kier molecular flexibility index (Phi) is 4.10. The van der Waals surface area contributed by atoms with Crippen LogP contribution in [0.25, 0.3) is 0 Å². The lowest BCUT2D eigenvalue weighted by atomic mass is 10.2. The summed E-state index contributed by atoms with van der Waals surface area (Å²) >= 11 is 5.96. The fourth-order valence-corrected chi connectivity index (χ4v) is 1.59. The van der Waals surface area contributed by atoms with E-state index < -0.39 is 5.97 Å². The lowest BCUT2D eigenvalue weighted by molar-refractivity contribution is 0.0697. The second kappa shape index (κ2) is 5.97. The molecule has 0 aliphatic rings. The van der Waals surface area contributed by atoms with Gasteiger partial charge in [0, 0.05) is 16.8 Å². The van der Waals surface area contributed by atoms with Gasteiger partial charge in [-0.1, -0.05) is 29.8 Å². The molecular formula is C13H10ClN3O2. The number of benzene rings is 1. The molecule has 1 aromatic heterocycles. The van der Waals surface area contributed by atoms with E-state index in [0.29, 0.717) is 5.02 Å². The van der Waals surface area contributed by atoms with Crippen LogP contribution < -0.4 is 5.43 Å². The number of hydrogen-bond donors (Lipinski definition) is 2. The largest absolute Gasteiger partial charge is 0.478 e. The summed E-state index contributed by atoms with van der Waals surface area (Å²) < 4.78 is 0. The molecule has 2 aromatic rings. The van der Waals surface area contributed by atoms with Crippen molar-refractivity contribution < 1.29 is 9.90 Å². The number of nitrogens with zero attached hydrogens (tertiary/aromatic N) is 2. The van der Waals surface area contributed by atoms with Crippen LogP contribution >= 0.6 is 11.6 Å². The Morgan fingerprint density at radius 1 is 1.32 bits per heavy atom. The molecule has 0 atom stereocenters. The molecular weight excluding hydrogens is 266 g/mol. The zero-order chi connectivity index (χ0) is 13.7. The van der Waals surface area contributed by atoms with Crippen LogP contribution in [0, 0.1) is 0 Å². The van der Waals surface area contributed by atoms with Gasteiger partial charge in [-0.2, -0.15) is 5.10 Å². The second-order valence-corrected chi connectivity index (χ2v) is 4.00. The first kappa shape index (κ1) is 13.0. The second-order valence-electron chi connectivity index (χ2n) is 3.60. The normalized spacial score (nSPS) is 10.6.